The quantitative estimate of drug-likeness (QED) is 0.678. The molecule has 6 nitrogen and oxygen atoms in total. The predicted molar refractivity (Wildman–Crippen MR) is 133 cm³/mol. The van der Waals surface area contributed by atoms with Crippen LogP contribution in [0.25, 0.3) is 16.5 Å². The van der Waals surface area contributed by atoms with Gasteiger partial charge in [0.05, 0.1) is 22.1 Å². The monoisotopic (exact) mass is 500 g/mol. The van der Waals surface area contributed by atoms with Crippen molar-refractivity contribution in [3.63, 3.8) is 0 Å². The minimum Gasteiger partial charge on any atom is -0.343 e. The van der Waals surface area contributed by atoms with Crippen molar-refractivity contribution < 1.29 is 9.59 Å². The van der Waals surface area contributed by atoms with E-state index in [2.05, 4.69) is 40.0 Å². The Balaban J connectivity index is 1.86. The molecule has 4 rings (SSSR count). The van der Waals surface area contributed by atoms with Crippen LogP contribution in [0.3, 0.4) is 0 Å². The highest BCUT2D eigenvalue weighted by atomic mass is 79.9. The van der Waals surface area contributed by atoms with E-state index in [1.807, 2.05) is 44.7 Å². The van der Waals surface area contributed by atoms with E-state index in [1.165, 1.54) is 5.57 Å². The number of carbonyl (C=O) groups is 2. The Morgan fingerprint density at radius 3 is 2.56 bits per heavy atom. The molecular weight excluding hydrogens is 468 g/mol. The van der Waals surface area contributed by atoms with Gasteiger partial charge in [-0.2, -0.15) is 0 Å². The molecule has 2 N–H and O–H groups in total. The minimum atomic E-state index is -0.570. The molecule has 0 radical (unpaired) electrons. The van der Waals surface area contributed by atoms with Crippen LogP contribution >= 0.6 is 15.9 Å². The van der Waals surface area contributed by atoms with Crippen LogP contribution < -0.4 is 5.73 Å². The second-order valence-electron chi connectivity index (χ2n) is 9.31. The summed E-state index contributed by atoms with van der Waals surface area (Å²) >= 11 is 3.74. The average Bonchev–Trinajstić information content (AvgIpc) is 3.06. The van der Waals surface area contributed by atoms with Gasteiger partial charge in [0.2, 0.25) is 11.8 Å². The summed E-state index contributed by atoms with van der Waals surface area (Å²) < 4.78 is 2.55. The molecule has 32 heavy (non-hydrogen) atoms. The molecule has 1 unspecified atom stereocenters. The first-order chi connectivity index (χ1) is 15.2. The Hall–Kier alpha value is -1.96. The van der Waals surface area contributed by atoms with E-state index in [0.717, 1.165) is 46.1 Å². The third kappa shape index (κ3) is 3.55. The van der Waals surface area contributed by atoms with E-state index in [0.29, 0.717) is 6.54 Å². The average molecular weight is 501 g/mol. The standard InChI is InChI=1S/C25H33BrN4O2/c1-6-29(7-2)24(31)15-11-17-16-9-8-10-19-21(16)18(12-20(17)28(5)13-15)23(26)30(19)25(32)22(27)14(3)4/h8-11,14-15,20,22H,6-7,12-13,27H2,1-5H3/t15-,20?,22+/m1/s1. The Morgan fingerprint density at radius 2 is 1.94 bits per heavy atom. The topological polar surface area (TPSA) is 71.6 Å². The van der Waals surface area contributed by atoms with Gasteiger partial charge in [0.15, 0.2) is 0 Å². The Bertz CT molecular complexity index is 1100. The number of likely N-dealkylation sites (N-methyl/N-ethyl adjacent to an activating group) is 1. The van der Waals surface area contributed by atoms with Crippen LogP contribution in [0.15, 0.2) is 28.9 Å². The number of nitrogens with zero attached hydrogens (tertiary/aromatic N) is 3. The molecular formula is C25H33BrN4O2. The first-order valence-electron chi connectivity index (χ1n) is 11.5. The molecule has 0 saturated heterocycles. The molecule has 1 aliphatic carbocycles. The van der Waals surface area contributed by atoms with E-state index in [4.69, 9.17) is 5.73 Å². The third-order valence-electron chi connectivity index (χ3n) is 7.11. The number of hydrogen-bond donors (Lipinski definition) is 1. The lowest BCUT2D eigenvalue weighted by Gasteiger charge is -2.40. The number of nitrogens with two attached hydrogens (primary N) is 1. The highest BCUT2D eigenvalue weighted by molar-refractivity contribution is 9.10. The van der Waals surface area contributed by atoms with Gasteiger partial charge < -0.3 is 10.6 Å². The maximum Gasteiger partial charge on any atom is 0.249 e. The Morgan fingerprint density at radius 1 is 1.25 bits per heavy atom. The summed E-state index contributed by atoms with van der Waals surface area (Å²) in [6.45, 7) is 10.1. The van der Waals surface area contributed by atoms with E-state index >= 15 is 0 Å². The number of amides is 1. The van der Waals surface area contributed by atoms with Crippen molar-refractivity contribution in [3.05, 3.63) is 40.0 Å². The molecule has 2 aliphatic rings. The van der Waals surface area contributed by atoms with Crippen molar-refractivity contribution in [2.45, 2.75) is 46.2 Å². The summed E-state index contributed by atoms with van der Waals surface area (Å²) in [6.07, 6.45) is 2.97. The van der Waals surface area contributed by atoms with Gasteiger partial charge in [0.25, 0.3) is 0 Å². The molecule has 0 fully saturated rings. The summed E-state index contributed by atoms with van der Waals surface area (Å²) in [6, 6.07) is 5.71. The summed E-state index contributed by atoms with van der Waals surface area (Å²) in [5, 5.41) is 1.09. The fourth-order valence-electron chi connectivity index (χ4n) is 5.17. The van der Waals surface area contributed by atoms with Crippen LogP contribution in [0.4, 0.5) is 0 Å². The highest BCUT2D eigenvalue weighted by Crippen LogP contribution is 2.45. The second-order valence-corrected chi connectivity index (χ2v) is 10.1. The molecule has 0 bridgehead atoms. The zero-order chi connectivity index (χ0) is 23.3. The van der Waals surface area contributed by atoms with Gasteiger partial charge >= 0.3 is 0 Å². The van der Waals surface area contributed by atoms with Crippen LogP contribution in [0.5, 0.6) is 0 Å². The fourth-order valence-corrected chi connectivity index (χ4v) is 5.89. The van der Waals surface area contributed by atoms with Crippen molar-refractivity contribution >= 4 is 44.2 Å². The number of rotatable bonds is 5. The molecule has 1 amide bonds. The summed E-state index contributed by atoms with van der Waals surface area (Å²) in [7, 11) is 2.09. The van der Waals surface area contributed by atoms with E-state index < -0.39 is 6.04 Å². The summed E-state index contributed by atoms with van der Waals surface area (Å²) in [5.74, 6) is -0.0268. The van der Waals surface area contributed by atoms with Gasteiger partial charge in [-0.05, 0) is 71.9 Å². The number of aromatic nitrogens is 1. The van der Waals surface area contributed by atoms with Crippen molar-refractivity contribution in [1.82, 2.24) is 14.4 Å². The van der Waals surface area contributed by atoms with Gasteiger partial charge in [0, 0.05) is 31.1 Å². The van der Waals surface area contributed by atoms with Crippen LogP contribution in [-0.4, -0.2) is 64.9 Å². The maximum absolute atomic E-state index is 13.3. The van der Waals surface area contributed by atoms with Crippen LogP contribution in [0.1, 0.15) is 43.6 Å². The second kappa shape index (κ2) is 8.76. The molecule has 3 atom stereocenters. The van der Waals surface area contributed by atoms with E-state index in [9.17, 15) is 9.59 Å². The van der Waals surface area contributed by atoms with Crippen LogP contribution in [0.2, 0.25) is 0 Å². The maximum atomic E-state index is 13.3. The van der Waals surface area contributed by atoms with Crippen LogP contribution in [0, 0.1) is 11.8 Å². The molecule has 2 aromatic rings. The van der Waals surface area contributed by atoms with Crippen molar-refractivity contribution in [3.8, 4) is 0 Å². The predicted octanol–water partition coefficient (Wildman–Crippen LogP) is 3.77. The first-order valence-corrected chi connectivity index (χ1v) is 12.3. The molecule has 0 spiro atoms. The number of carbonyl (C=O) groups excluding carboxylic acids is 2. The fraction of sp³-hybridized carbons (Fsp3) is 0.520. The van der Waals surface area contributed by atoms with Crippen molar-refractivity contribution in [2.24, 2.45) is 17.6 Å². The van der Waals surface area contributed by atoms with E-state index in [1.54, 1.807) is 4.57 Å². The number of fused-ring (bicyclic) bond motifs is 2. The van der Waals surface area contributed by atoms with Gasteiger partial charge in [-0.15, -0.1) is 0 Å². The normalized spacial score (nSPS) is 21.4. The van der Waals surface area contributed by atoms with Crippen LogP contribution in [-0.2, 0) is 11.2 Å². The smallest absolute Gasteiger partial charge is 0.249 e. The van der Waals surface area contributed by atoms with Gasteiger partial charge in [-0.3, -0.25) is 19.1 Å². The molecule has 7 heteroatoms. The highest BCUT2D eigenvalue weighted by Gasteiger charge is 2.39. The lowest BCUT2D eigenvalue weighted by Crippen LogP contribution is -2.47. The molecule has 0 saturated carbocycles. The van der Waals surface area contributed by atoms with Gasteiger partial charge in [-0.25, -0.2) is 0 Å². The molecule has 1 aromatic carbocycles. The number of hydrogen-bond acceptors (Lipinski definition) is 4. The number of halogens is 1. The first kappa shape index (κ1) is 23.2. The lowest BCUT2D eigenvalue weighted by atomic mass is 9.79. The van der Waals surface area contributed by atoms with Crippen molar-refractivity contribution in [2.75, 3.05) is 26.7 Å². The zero-order valence-corrected chi connectivity index (χ0v) is 21.1. The Kier molecular flexibility index (Phi) is 6.36. The van der Waals surface area contributed by atoms with Gasteiger partial charge in [0.1, 0.15) is 0 Å². The molecule has 172 valence electrons. The lowest BCUT2D eigenvalue weighted by molar-refractivity contribution is -0.134. The van der Waals surface area contributed by atoms with Gasteiger partial charge in [-0.1, -0.05) is 32.1 Å². The van der Waals surface area contributed by atoms with E-state index in [-0.39, 0.29) is 29.7 Å². The molecule has 2 heterocycles. The minimum absolute atomic E-state index is 0.0480. The summed E-state index contributed by atoms with van der Waals surface area (Å²) in [5.41, 5.74) is 10.6. The zero-order valence-electron chi connectivity index (χ0n) is 19.6. The van der Waals surface area contributed by atoms with Crippen molar-refractivity contribution in [1.29, 1.82) is 0 Å². The Labute approximate surface area is 198 Å². The molecule has 1 aliphatic heterocycles. The number of benzene rings is 1. The summed E-state index contributed by atoms with van der Waals surface area (Å²) in [4.78, 5) is 30.6. The third-order valence-corrected chi connectivity index (χ3v) is 7.94. The molecule has 1 aromatic heterocycles. The SMILES string of the molecule is CCN(CC)C(=O)[C@@H]1C=C2c3cccc4c3c(c(Br)n4C(=O)[C@@H](N)C(C)C)CC2N(C)C1. The largest absolute Gasteiger partial charge is 0.343 e.